The Hall–Kier alpha value is -2.82. The number of nitriles is 1. The molecule has 0 saturated heterocycles. The third-order valence-corrected chi connectivity index (χ3v) is 7.21. The van der Waals surface area contributed by atoms with Gasteiger partial charge in [-0.1, -0.05) is 36.0 Å². The van der Waals surface area contributed by atoms with Gasteiger partial charge in [0.2, 0.25) is 5.91 Å². The molecule has 0 spiro atoms. The predicted molar refractivity (Wildman–Crippen MR) is 121 cm³/mol. The highest BCUT2D eigenvalue weighted by Gasteiger charge is 2.37. The molecule has 1 aromatic carbocycles. The Bertz CT molecular complexity index is 1090. The van der Waals surface area contributed by atoms with Gasteiger partial charge in [-0.3, -0.25) is 9.59 Å². The number of nitrogens with zero attached hydrogens (tertiary/aromatic N) is 1. The van der Waals surface area contributed by atoms with Gasteiger partial charge in [-0.25, -0.2) is 0 Å². The maximum Gasteiger partial charge on any atom is 0.234 e. The number of nitrogens with one attached hydrogen (secondary N) is 2. The van der Waals surface area contributed by atoms with Crippen molar-refractivity contribution in [1.29, 1.82) is 5.26 Å². The van der Waals surface area contributed by atoms with Crippen molar-refractivity contribution >= 4 is 40.5 Å². The van der Waals surface area contributed by atoms with Crippen molar-refractivity contribution in [2.75, 3.05) is 11.1 Å². The Balaban J connectivity index is 1.58. The van der Waals surface area contributed by atoms with Crippen LogP contribution in [0.15, 0.2) is 63.7 Å². The topological polar surface area (TPSA) is 82.0 Å². The minimum atomic E-state index is -0.346. The van der Waals surface area contributed by atoms with Crippen LogP contribution in [0.1, 0.15) is 35.6 Å². The van der Waals surface area contributed by atoms with E-state index in [9.17, 15) is 14.9 Å². The molecule has 152 valence electrons. The summed E-state index contributed by atoms with van der Waals surface area (Å²) in [5.41, 5.74) is 3.91. The van der Waals surface area contributed by atoms with Gasteiger partial charge in [0, 0.05) is 28.3 Å². The number of Topliss-reactive ketones (excluding diaryl/α,β-unsaturated/α-hetero) is 1. The first-order valence-electron chi connectivity index (χ1n) is 9.77. The van der Waals surface area contributed by atoms with E-state index in [0.717, 1.165) is 34.7 Å². The van der Waals surface area contributed by atoms with E-state index in [4.69, 9.17) is 0 Å². The zero-order valence-electron chi connectivity index (χ0n) is 16.5. The number of hydrogen-bond acceptors (Lipinski definition) is 6. The summed E-state index contributed by atoms with van der Waals surface area (Å²) in [5.74, 6) is -0.194. The average Bonchev–Trinajstić information content (AvgIpc) is 3.27. The number of thioether (sulfide) groups is 1. The minimum absolute atomic E-state index is 0.108. The molecular weight excluding hydrogens is 414 g/mol. The lowest BCUT2D eigenvalue weighted by molar-refractivity contribution is -0.116. The molecule has 1 atom stereocenters. The summed E-state index contributed by atoms with van der Waals surface area (Å²) < 4.78 is 0. The van der Waals surface area contributed by atoms with Gasteiger partial charge in [-0.15, -0.1) is 11.3 Å². The molecule has 30 heavy (non-hydrogen) atoms. The predicted octanol–water partition coefficient (Wildman–Crippen LogP) is 4.86. The van der Waals surface area contributed by atoms with Crippen LogP contribution in [0, 0.1) is 18.3 Å². The van der Waals surface area contributed by atoms with Gasteiger partial charge in [0.25, 0.3) is 0 Å². The monoisotopic (exact) mass is 435 g/mol. The number of hydrogen-bond donors (Lipinski definition) is 2. The molecule has 4 rings (SSSR count). The van der Waals surface area contributed by atoms with E-state index in [1.807, 2.05) is 48.7 Å². The normalized spacial score (nSPS) is 18.5. The summed E-state index contributed by atoms with van der Waals surface area (Å²) in [6.07, 6.45) is 2.10. The van der Waals surface area contributed by atoms with Crippen LogP contribution in [-0.2, 0) is 9.59 Å². The first-order valence-corrected chi connectivity index (χ1v) is 11.6. The van der Waals surface area contributed by atoms with Crippen LogP contribution in [-0.4, -0.2) is 17.4 Å². The van der Waals surface area contributed by atoms with Crippen molar-refractivity contribution in [2.45, 2.75) is 32.1 Å². The summed E-state index contributed by atoms with van der Waals surface area (Å²) >= 11 is 2.86. The fraction of sp³-hybridized carbons (Fsp3) is 0.261. The Kier molecular flexibility index (Phi) is 6.07. The van der Waals surface area contributed by atoms with Gasteiger partial charge in [0.05, 0.1) is 28.3 Å². The van der Waals surface area contributed by atoms with Gasteiger partial charge in [0.1, 0.15) is 0 Å². The van der Waals surface area contributed by atoms with E-state index in [1.165, 1.54) is 11.8 Å². The number of aryl methyl sites for hydroxylation is 1. The zero-order valence-corrected chi connectivity index (χ0v) is 18.2. The second-order valence-electron chi connectivity index (χ2n) is 7.25. The molecular formula is C23H21N3O2S2. The first kappa shape index (κ1) is 20.5. The molecule has 1 aliphatic carbocycles. The molecule has 1 amide bonds. The van der Waals surface area contributed by atoms with Crippen LogP contribution in [0.25, 0.3) is 0 Å². The molecule has 2 aromatic rings. The Morgan fingerprint density at radius 3 is 2.87 bits per heavy atom. The van der Waals surface area contributed by atoms with Crippen molar-refractivity contribution in [1.82, 2.24) is 5.32 Å². The number of allylic oxidation sites excluding steroid dienone is 3. The number of ketones is 1. The highest BCUT2D eigenvalue weighted by atomic mass is 32.2. The van der Waals surface area contributed by atoms with Crippen molar-refractivity contribution in [3.05, 3.63) is 74.1 Å². The number of anilines is 1. The van der Waals surface area contributed by atoms with E-state index in [-0.39, 0.29) is 23.4 Å². The summed E-state index contributed by atoms with van der Waals surface area (Å²) in [6.45, 7) is 1.95. The molecule has 1 aliphatic heterocycles. The zero-order chi connectivity index (χ0) is 21.1. The fourth-order valence-electron chi connectivity index (χ4n) is 3.81. The summed E-state index contributed by atoms with van der Waals surface area (Å²) in [7, 11) is 0. The smallest absolute Gasteiger partial charge is 0.234 e. The molecule has 0 fully saturated rings. The second kappa shape index (κ2) is 8.90. The van der Waals surface area contributed by atoms with Crippen LogP contribution in [0.4, 0.5) is 5.69 Å². The lowest BCUT2D eigenvalue weighted by Gasteiger charge is -2.32. The maximum absolute atomic E-state index is 12.7. The van der Waals surface area contributed by atoms with E-state index in [0.29, 0.717) is 22.6 Å². The second-order valence-corrected chi connectivity index (χ2v) is 9.21. The summed E-state index contributed by atoms with van der Waals surface area (Å²) in [4.78, 5) is 26.2. The number of carbonyl (C=O) groups is 2. The molecule has 7 heteroatoms. The molecule has 0 bridgehead atoms. The van der Waals surface area contributed by atoms with E-state index >= 15 is 0 Å². The van der Waals surface area contributed by atoms with Crippen molar-refractivity contribution < 1.29 is 9.59 Å². The third-order valence-electron chi connectivity index (χ3n) is 5.26. The maximum atomic E-state index is 12.7. The third kappa shape index (κ3) is 4.07. The van der Waals surface area contributed by atoms with Crippen LogP contribution >= 0.6 is 23.1 Å². The minimum Gasteiger partial charge on any atom is -0.352 e. The van der Waals surface area contributed by atoms with Crippen LogP contribution in [0.2, 0.25) is 0 Å². The van der Waals surface area contributed by atoms with Gasteiger partial charge in [0.15, 0.2) is 5.78 Å². The van der Waals surface area contributed by atoms with Crippen molar-refractivity contribution in [3.8, 4) is 6.07 Å². The lowest BCUT2D eigenvalue weighted by atomic mass is 9.79. The van der Waals surface area contributed by atoms with Crippen LogP contribution < -0.4 is 10.6 Å². The molecule has 0 radical (unpaired) electrons. The highest BCUT2D eigenvalue weighted by Crippen LogP contribution is 2.45. The Morgan fingerprint density at radius 2 is 2.13 bits per heavy atom. The number of amides is 1. The van der Waals surface area contributed by atoms with Gasteiger partial charge < -0.3 is 10.6 Å². The standard InChI is InChI=1S/C23H21N3O2S2/c1-14-6-2-3-7-16(14)25-20(28)13-30-23-15(12-24)21(19-10-5-11-29-19)22-17(26-23)8-4-9-18(22)27/h2-3,5-7,10-11,21,26H,4,8-9,13H2,1H3,(H,25,28)/t21-/m0/s1. The molecule has 0 unspecified atom stereocenters. The molecule has 1 aromatic heterocycles. The lowest BCUT2D eigenvalue weighted by Crippen LogP contribution is -2.31. The fourth-order valence-corrected chi connectivity index (χ4v) is 5.52. The van der Waals surface area contributed by atoms with Gasteiger partial charge in [-0.05, 0) is 42.8 Å². The number of benzene rings is 1. The summed E-state index contributed by atoms with van der Waals surface area (Å²) in [6, 6.07) is 13.8. The van der Waals surface area contributed by atoms with Gasteiger partial charge in [-0.2, -0.15) is 5.26 Å². The van der Waals surface area contributed by atoms with Crippen LogP contribution in [0.5, 0.6) is 0 Å². The largest absolute Gasteiger partial charge is 0.352 e. The Morgan fingerprint density at radius 1 is 1.30 bits per heavy atom. The average molecular weight is 436 g/mol. The quantitative estimate of drug-likeness (QED) is 0.701. The highest BCUT2D eigenvalue weighted by molar-refractivity contribution is 8.03. The number of rotatable bonds is 5. The summed E-state index contributed by atoms with van der Waals surface area (Å²) in [5, 5.41) is 18.8. The van der Waals surface area contributed by atoms with Crippen molar-refractivity contribution in [3.63, 3.8) is 0 Å². The number of carbonyl (C=O) groups excluding carboxylic acids is 2. The SMILES string of the molecule is Cc1ccccc1NC(=O)CSC1=C(C#N)[C@@H](c2cccs2)C2=C(CCCC2=O)N1. The number of para-hydroxylation sites is 1. The van der Waals surface area contributed by atoms with Crippen molar-refractivity contribution in [2.24, 2.45) is 0 Å². The number of thiophene rings is 1. The number of dihydropyridines is 1. The van der Waals surface area contributed by atoms with Gasteiger partial charge >= 0.3 is 0 Å². The van der Waals surface area contributed by atoms with E-state index in [1.54, 1.807) is 11.3 Å². The van der Waals surface area contributed by atoms with E-state index < -0.39 is 0 Å². The molecule has 5 nitrogen and oxygen atoms in total. The molecule has 2 N–H and O–H groups in total. The molecule has 2 heterocycles. The molecule has 2 aliphatic rings. The van der Waals surface area contributed by atoms with E-state index in [2.05, 4.69) is 16.7 Å². The first-order chi connectivity index (χ1) is 14.6. The molecule has 0 saturated carbocycles. The van der Waals surface area contributed by atoms with Crippen LogP contribution in [0.3, 0.4) is 0 Å². The Labute approximate surface area is 183 Å².